The molecule has 4 rings (SSSR count). The second-order valence-corrected chi connectivity index (χ2v) is 8.98. The number of halogens is 1. The normalized spacial score (nSPS) is 11.3. The third-order valence-electron chi connectivity index (χ3n) is 4.57. The molecule has 0 spiro atoms. The van der Waals surface area contributed by atoms with E-state index in [9.17, 15) is 8.42 Å². The summed E-state index contributed by atoms with van der Waals surface area (Å²) in [5.41, 5.74) is 2.65. The quantitative estimate of drug-likeness (QED) is 0.393. The molecule has 31 heavy (non-hydrogen) atoms. The molecule has 3 aromatic carbocycles. The number of aromatic nitrogens is 1. The lowest BCUT2D eigenvalue weighted by atomic mass is 10.1. The molecule has 0 aliphatic heterocycles. The Labute approximate surface area is 186 Å². The van der Waals surface area contributed by atoms with Gasteiger partial charge in [-0.1, -0.05) is 54.1 Å². The van der Waals surface area contributed by atoms with E-state index in [4.69, 9.17) is 16.3 Å². The van der Waals surface area contributed by atoms with Crippen LogP contribution in [-0.4, -0.2) is 13.4 Å². The highest BCUT2D eigenvalue weighted by molar-refractivity contribution is 7.89. The lowest BCUT2D eigenvalue weighted by molar-refractivity contribution is 0.462. The van der Waals surface area contributed by atoms with Crippen LogP contribution < -0.4 is 9.46 Å². The third kappa shape index (κ3) is 5.49. The summed E-state index contributed by atoms with van der Waals surface area (Å²) in [6.07, 6.45) is 1.64. The maximum atomic E-state index is 12.7. The molecular weight excluding hydrogens is 432 g/mol. The number of ether oxygens (including phenoxy) is 1. The fraction of sp³-hybridized carbons (Fsp3) is 0.0417. The van der Waals surface area contributed by atoms with Gasteiger partial charge < -0.3 is 4.74 Å². The van der Waals surface area contributed by atoms with Gasteiger partial charge >= 0.3 is 0 Å². The minimum atomic E-state index is -3.66. The second-order valence-electron chi connectivity index (χ2n) is 6.77. The Hall–Kier alpha value is -3.19. The number of nitrogens with zero attached hydrogens (tertiary/aromatic N) is 1. The van der Waals surface area contributed by atoms with Gasteiger partial charge in [0.2, 0.25) is 15.9 Å². The van der Waals surface area contributed by atoms with Crippen molar-refractivity contribution in [2.24, 2.45) is 0 Å². The summed E-state index contributed by atoms with van der Waals surface area (Å²) in [7, 11) is -3.66. The zero-order valence-electron chi connectivity index (χ0n) is 16.4. The largest absolute Gasteiger partial charge is 0.439 e. The monoisotopic (exact) mass is 450 g/mol. The molecule has 0 unspecified atom stereocenters. The van der Waals surface area contributed by atoms with Crippen molar-refractivity contribution in [3.05, 3.63) is 108 Å². The van der Waals surface area contributed by atoms with Gasteiger partial charge in [0.1, 0.15) is 5.75 Å². The van der Waals surface area contributed by atoms with E-state index in [1.807, 2.05) is 30.3 Å². The van der Waals surface area contributed by atoms with E-state index >= 15 is 0 Å². The van der Waals surface area contributed by atoms with Gasteiger partial charge in [-0.15, -0.1) is 0 Å². The van der Waals surface area contributed by atoms with Crippen molar-refractivity contribution in [1.29, 1.82) is 0 Å². The Balaban J connectivity index is 1.43. The molecule has 4 aromatic rings. The fourth-order valence-electron chi connectivity index (χ4n) is 2.98. The average Bonchev–Trinajstić information content (AvgIpc) is 2.79. The Bertz CT molecular complexity index is 1260. The van der Waals surface area contributed by atoms with Gasteiger partial charge in [-0.05, 0) is 59.2 Å². The van der Waals surface area contributed by atoms with Gasteiger partial charge in [0.25, 0.3) is 0 Å². The Morgan fingerprint density at radius 3 is 2.23 bits per heavy atom. The maximum absolute atomic E-state index is 12.7. The molecule has 156 valence electrons. The van der Waals surface area contributed by atoms with Crippen LogP contribution in [0.4, 0.5) is 0 Å². The number of nitrogens with one attached hydrogen (secondary N) is 1. The molecule has 0 aliphatic rings. The first-order chi connectivity index (χ1) is 15.0. The standard InChI is InChI=1S/C24H19ClN2O3S/c25-21-11-7-19(8-12-21)20-9-13-23(14-10-20)31(28,29)27-17-18-4-3-5-22(16-18)30-24-6-1-2-15-26-24/h1-16,27H,17H2. The molecule has 1 heterocycles. The van der Waals surface area contributed by atoms with Gasteiger partial charge in [-0.2, -0.15) is 0 Å². The van der Waals surface area contributed by atoms with E-state index in [1.54, 1.807) is 66.9 Å². The number of rotatable bonds is 7. The van der Waals surface area contributed by atoms with E-state index in [0.29, 0.717) is 16.7 Å². The Morgan fingerprint density at radius 1 is 0.839 bits per heavy atom. The van der Waals surface area contributed by atoms with Crippen molar-refractivity contribution in [2.75, 3.05) is 0 Å². The highest BCUT2D eigenvalue weighted by Crippen LogP contribution is 2.24. The van der Waals surface area contributed by atoms with Crippen LogP contribution in [0.2, 0.25) is 5.02 Å². The first kappa shape index (κ1) is 21.1. The summed E-state index contributed by atoms with van der Waals surface area (Å²) < 4.78 is 33.7. The zero-order chi connectivity index (χ0) is 21.7. The van der Waals surface area contributed by atoms with E-state index in [0.717, 1.165) is 16.7 Å². The molecule has 0 fully saturated rings. The van der Waals surface area contributed by atoms with Crippen molar-refractivity contribution in [1.82, 2.24) is 9.71 Å². The number of hydrogen-bond acceptors (Lipinski definition) is 4. The van der Waals surface area contributed by atoms with Gasteiger partial charge in [0, 0.05) is 23.8 Å². The molecule has 1 N–H and O–H groups in total. The molecule has 0 amide bonds. The van der Waals surface area contributed by atoms with Gasteiger partial charge in [0.15, 0.2) is 0 Å². The van der Waals surface area contributed by atoms with Crippen LogP contribution in [0.15, 0.2) is 102 Å². The van der Waals surface area contributed by atoms with Crippen LogP contribution in [0, 0.1) is 0 Å². The van der Waals surface area contributed by atoms with Gasteiger partial charge in [-0.3, -0.25) is 0 Å². The van der Waals surface area contributed by atoms with E-state index in [-0.39, 0.29) is 11.4 Å². The van der Waals surface area contributed by atoms with Crippen LogP contribution in [0.25, 0.3) is 11.1 Å². The fourth-order valence-corrected chi connectivity index (χ4v) is 4.12. The van der Waals surface area contributed by atoms with Crippen LogP contribution in [-0.2, 0) is 16.6 Å². The lowest BCUT2D eigenvalue weighted by Crippen LogP contribution is -2.23. The molecule has 0 saturated carbocycles. The second kappa shape index (κ2) is 9.31. The van der Waals surface area contributed by atoms with Crippen LogP contribution >= 0.6 is 11.6 Å². The summed E-state index contributed by atoms with van der Waals surface area (Å²) in [4.78, 5) is 4.32. The molecule has 7 heteroatoms. The number of pyridine rings is 1. The third-order valence-corrected chi connectivity index (χ3v) is 6.24. The summed E-state index contributed by atoms with van der Waals surface area (Å²) in [5.74, 6) is 1.06. The van der Waals surface area contributed by atoms with Crippen molar-refractivity contribution in [2.45, 2.75) is 11.4 Å². The lowest BCUT2D eigenvalue weighted by Gasteiger charge is -2.10. The first-order valence-corrected chi connectivity index (χ1v) is 11.4. The summed E-state index contributed by atoms with van der Waals surface area (Å²) in [6.45, 7) is 0.140. The SMILES string of the molecule is O=S(=O)(NCc1cccc(Oc2ccccn2)c1)c1ccc(-c2ccc(Cl)cc2)cc1. The van der Waals surface area contributed by atoms with Crippen LogP contribution in [0.5, 0.6) is 11.6 Å². The molecule has 0 aliphatic carbocycles. The predicted molar refractivity (Wildman–Crippen MR) is 122 cm³/mol. The van der Waals surface area contributed by atoms with E-state index in [2.05, 4.69) is 9.71 Å². The maximum Gasteiger partial charge on any atom is 0.240 e. The minimum absolute atomic E-state index is 0.140. The summed E-state index contributed by atoms with van der Waals surface area (Å²) in [6, 6.07) is 26.7. The predicted octanol–water partition coefficient (Wildman–Crippen LogP) is 5.67. The highest BCUT2D eigenvalue weighted by atomic mass is 35.5. The van der Waals surface area contributed by atoms with Crippen LogP contribution in [0.1, 0.15) is 5.56 Å². The van der Waals surface area contributed by atoms with Crippen LogP contribution in [0.3, 0.4) is 0 Å². The zero-order valence-corrected chi connectivity index (χ0v) is 18.0. The van der Waals surface area contributed by atoms with Gasteiger partial charge in [-0.25, -0.2) is 18.1 Å². The molecular formula is C24H19ClN2O3S. The number of benzene rings is 3. The van der Waals surface area contributed by atoms with Crippen molar-refractivity contribution in [3.63, 3.8) is 0 Å². The first-order valence-electron chi connectivity index (χ1n) is 9.53. The van der Waals surface area contributed by atoms with Crippen molar-refractivity contribution < 1.29 is 13.2 Å². The molecule has 0 atom stereocenters. The molecule has 0 bridgehead atoms. The Morgan fingerprint density at radius 2 is 1.55 bits per heavy atom. The molecule has 0 saturated heterocycles. The van der Waals surface area contributed by atoms with Crippen molar-refractivity contribution in [3.8, 4) is 22.8 Å². The molecule has 1 aromatic heterocycles. The summed E-state index contributed by atoms with van der Waals surface area (Å²) in [5, 5.41) is 0.654. The molecule has 0 radical (unpaired) electrons. The Kier molecular flexibility index (Phi) is 6.32. The smallest absolute Gasteiger partial charge is 0.240 e. The number of sulfonamides is 1. The highest BCUT2D eigenvalue weighted by Gasteiger charge is 2.14. The summed E-state index contributed by atoms with van der Waals surface area (Å²) >= 11 is 5.92. The van der Waals surface area contributed by atoms with Crippen molar-refractivity contribution >= 4 is 21.6 Å². The molecule has 5 nitrogen and oxygen atoms in total. The van der Waals surface area contributed by atoms with E-state index in [1.165, 1.54) is 0 Å². The van der Waals surface area contributed by atoms with Gasteiger partial charge in [0.05, 0.1) is 4.90 Å². The van der Waals surface area contributed by atoms with E-state index < -0.39 is 10.0 Å². The topological polar surface area (TPSA) is 68.3 Å². The average molecular weight is 451 g/mol. The minimum Gasteiger partial charge on any atom is -0.439 e. The number of hydrogen-bond donors (Lipinski definition) is 1.